The van der Waals surface area contributed by atoms with Crippen molar-refractivity contribution in [2.75, 3.05) is 39.9 Å². The molecule has 2 aromatic heterocycles. The second-order valence-electron chi connectivity index (χ2n) is 12.2. The number of rotatable bonds is 13. The summed E-state index contributed by atoms with van der Waals surface area (Å²) in [4.78, 5) is 42.1. The Hall–Kier alpha value is -4.38. The van der Waals surface area contributed by atoms with Gasteiger partial charge in [-0.15, -0.1) is 0 Å². The Labute approximate surface area is 269 Å². The van der Waals surface area contributed by atoms with Gasteiger partial charge in [-0.2, -0.15) is 5.10 Å². The van der Waals surface area contributed by atoms with E-state index >= 15 is 0 Å². The third-order valence-corrected chi connectivity index (χ3v) is 8.71. The van der Waals surface area contributed by atoms with Gasteiger partial charge in [0.2, 0.25) is 0 Å². The summed E-state index contributed by atoms with van der Waals surface area (Å²) >= 11 is 0. The predicted octanol–water partition coefficient (Wildman–Crippen LogP) is 3.52. The molecule has 1 saturated heterocycles. The summed E-state index contributed by atoms with van der Waals surface area (Å²) in [5.74, 6) is -0.0134. The summed E-state index contributed by atoms with van der Waals surface area (Å²) in [6, 6.07) is 21.6. The van der Waals surface area contributed by atoms with Crippen molar-refractivity contribution in [3.63, 3.8) is 0 Å². The topological polar surface area (TPSA) is 119 Å². The molecule has 3 heterocycles. The van der Waals surface area contributed by atoms with Crippen LogP contribution in [0.5, 0.6) is 0 Å². The molecular weight excluding hydrogens is 582 g/mol. The average Bonchev–Trinajstić information content (AvgIpc) is 3.60. The summed E-state index contributed by atoms with van der Waals surface area (Å²) in [6.07, 6.45) is 1.53. The zero-order valence-corrected chi connectivity index (χ0v) is 27.0. The number of amides is 1. The van der Waals surface area contributed by atoms with Crippen molar-refractivity contribution in [1.29, 1.82) is 0 Å². The second-order valence-corrected chi connectivity index (χ2v) is 12.2. The fraction of sp³-hybridized carbons (Fsp3) is 0.389. The maximum atomic E-state index is 13.9. The van der Waals surface area contributed by atoms with E-state index in [4.69, 9.17) is 9.84 Å². The number of methoxy groups -OCH3 is 1. The van der Waals surface area contributed by atoms with E-state index in [1.165, 1.54) is 16.2 Å². The van der Waals surface area contributed by atoms with Crippen LogP contribution in [0.3, 0.4) is 0 Å². The van der Waals surface area contributed by atoms with Crippen molar-refractivity contribution in [2.45, 2.75) is 38.7 Å². The molecule has 0 bridgehead atoms. The summed E-state index contributed by atoms with van der Waals surface area (Å²) in [7, 11) is 3.30. The molecule has 0 unspecified atom stereocenters. The zero-order chi connectivity index (χ0) is 32.8. The number of ether oxygens (including phenoxy) is 1. The van der Waals surface area contributed by atoms with E-state index in [1.807, 2.05) is 43.3 Å². The number of hydrogen-bond donors (Lipinski definition) is 2. The van der Waals surface area contributed by atoms with Gasteiger partial charge in [-0.25, -0.2) is 4.68 Å². The largest absolute Gasteiger partial charge is 0.392 e. The van der Waals surface area contributed by atoms with Gasteiger partial charge in [0.15, 0.2) is 0 Å². The Bertz CT molecular complexity index is 1710. The van der Waals surface area contributed by atoms with Gasteiger partial charge in [0.25, 0.3) is 11.5 Å². The van der Waals surface area contributed by atoms with E-state index in [2.05, 4.69) is 34.5 Å². The van der Waals surface area contributed by atoms with Crippen molar-refractivity contribution in [3.8, 4) is 16.9 Å². The molecule has 2 N–H and O–H groups in total. The minimum absolute atomic E-state index is 0.0242. The third kappa shape index (κ3) is 7.52. The fourth-order valence-electron chi connectivity index (χ4n) is 6.33. The number of benzene rings is 2. The lowest BCUT2D eigenvalue weighted by molar-refractivity contribution is -0.119. The van der Waals surface area contributed by atoms with Crippen LogP contribution < -0.4 is 10.9 Å². The molecular formula is C36H43N5O5. The van der Waals surface area contributed by atoms with Crippen molar-refractivity contribution in [2.24, 2.45) is 13.0 Å². The van der Waals surface area contributed by atoms with Gasteiger partial charge in [0, 0.05) is 70.9 Å². The average molecular weight is 626 g/mol. The molecule has 5 rings (SSSR count). The van der Waals surface area contributed by atoms with Crippen molar-refractivity contribution < 1.29 is 19.4 Å². The summed E-state index contributed by atoms with van der Waals surface area (Å²) in [5, 5.41) is 17.2. The molecule has 4 aromatic rings. The Morgan fingerprint density at radius 1 is 1.09 bits per heavy atom. The number of para-hydroxylation sites is 1. The van der Waals surface area contributed by atoms with Crippen LogP contribution in [-0.4, -0.2) is 82.0 Å². The van der Waals surface area contributed by atoms with Crippen molar-refractivity contribution >= 4 is 11.7 Å². The van der Waals surface area contributed by atoms with E-state index in [0.29, 0.717) is 24.3 Å². The highest BCUT2D eigenvalue weighted by molar-refractivity contribution is 5.95. The first-order valence-electron chi connectivity index (χ1n) is 15.7. The van der Waals surface area contributed by atoms with Crippen LogP contribution in [0.2, 0.25) is 0 Å². The molecule has 0 aliphatic carbocycles. The summed E-state index contributed by atoms with van der Waals surface area (Å²) < 4.78 is 8.49. The maximum Gasteiger partial charge on any atom is 0.263 e. The molecule has 10 heteroatoms. The molecule has 0 saturated carbocycles. The second kappa shape index (κ2) is 14.8. The number of likely N-dealkylation sites (tertiary alicyclic amines) is 1. The number of nitrogens with zero attached hydrogens (tertiary/aromatic N) is 4. The van der Waals surface area contributed by atoms with Crippen LogP contribution in [0.4, 0.5) is 0 Å². The fourth-order valence-corrected chi connectivity index (χ4v) is 6.33. The number of aliphatic hydroxyl groups is 1. The smallest absolute Gasteiger partial charge is 0.263 e. The minimum atomic E-state index is -0.750. The quantitative estimate of drug-likeness (QED) is 0.233. The number of hydrogen-bond acceptors (Lipinski definition) is 7. The van der Waals surface area contributed by atoms with E-state index in [-0.39, 0.29) is 36.1 Å². The minimum Gasteiger partial charge on any atom is -0.392 e. The van der Waals surface area contributed by atoms with Crippen LogP contribution in [0.1, 0.15) is 46.4 Å². The normalized spacial score (nSPS) is 17.2. The van der Waals surface area contributed by atoms with Gasteiger partial charge in [0.1, 0.15) is 11.3 Å². The number of pyridine rings is 1. The lowest BCUT2D eigenvalue weighted by Gasteiger charge is -2.18. The SMILES string of the molecule is COCCN1C[C@@H](CC(=O)Cc2c(C)c(-c3cc(C(=O)NC[C@@H](C)O)c(=O)n(C)c3)nn2-c2ccccc2)[C@H](c2ccccc2)C1. The Morgan fingerprint density at radius 2 is 1.78 bits per heavy atom. The van der Waals surface area contributed by atoms with Crippen molar-refractivity contribution in [3.05, 3.63) is 106 Å². The molecule has 2 aromatic carbocycles. The van der Waals surface area contributed by atoms with Crippen LogP contribution in [-0.2, 0) is 23.0 Å². The summed E-state index contributed by atoms with van der Waals surface area (Å²) in [5.41, 5.74) is 4.30. The van der Waals surface area contributed by atoms with Crippen molar-refractivity contribution in [1.82, 2.24) is 24.6 Å². The molecule has 242 valence electrons. The molecule has 3 atom stereocenters. The Morgan fingerprint density at radius 3 is 2.46 bits per heavy atom. The highest BCUT2D eigenvalue weighted by atomic mass is 16.5. The first-order chi connectivity index (χ1) is 22.2. The molecule has 1 amide bonds. The van der Waals surface area contributed by atoms with Gasteiger partial charge in [-0.1, -0.05) is 48.5 Å². The number of carbonyl (C=O) groups is 2. The lowest BCUT2D eigenvalue weighted by atomic mass is 9.85. The van der Waals surface area contributed by atoms with Gasteiger partial charge in [-0.05, 0) is 49.1 Å². The van der Waals surface area contributed by atoms with Gasteiger partial charge in [-0.3, -0.25) is 14.4 Å². The number of nitrogens with one attached hydrogen (secondary N) is 1. The number of ketones is 1. The van der Waals surface area contributed by atoms with E-state index in [9.17, 15) is 19.5 Å². The number of aromatic nitrogens is 3. The first-order valence-corrected chi connectivity index (χ1v) is 15.7. The van der Waals surface area contributed by atoms with Gasteiger partial charge >= 0.3 is 0 Å². The van der Waals surface area contributed by atoms with E-state index in [1.54, 1.807) is 32.0 Å². The monoisotopic (exact) mass is 625 g/mol. The predicted molar refractivity (Wildman–Crippen MR) is 177 cm³/mol. The van der Waals surface area contributed by atoms with Crippen LogP contribution >= 0.6 is 0 Å². The van der Waals surface area contributed by atoms with Crippen LogP contribution in [0.15, 0.2) is 77.7 Å². The van der Waals surface area contributed by atoms with Crippen LogP contribution in [0.25, 0.3) is 16.9 Å². The van der Waals surface area contributed by atoms with Gasteiger partial charge in [0.05, 0.1) is 29.8 Å². The molecule has 0 radical (unpaired) electrons. The lowest BCUT2D eigenvalue weighted by Crippen LogP contribution is -2.35. The Kier molecular flexibility index (Phi) is 10.6. The van der Waals surface area contributed by atoms with E-state index < -0.39 is 17.6 Å². The first kappa shape index (κ1) is 33.0. The van der Waals surface area contributed by atoms with Crippen LogP contribution in [0, 0.1) is 12.8 Å². The molecule has 1 fully saturated rings. The summed E-state index contributed by atoms with van der Waals surface area (Å²) in [6.45, 7) is 6.70. The standard InChI is InChI=1S/C36H43N5O5/c1-24(42)20-37-35(44)31-18-28(21-39(3)36(31)45)34-25(2)33(41(38-34)29-13-9-6-10-14-29)19-30(43)17-27-22-40(15-16-46-4)23-32(27)26-11-7-5-8-12-26/h5-14,18,21,24,27,32,42H,15-17,19-20,22-23H2,1-4H3,(H,37,44)/t24-,27-,32+/m1/s1. The highest BCUT2D eigenvalue weighted by Crippen LogP contribution is 2.36. The highest BCUT2D eigenvalue weighted by Gasteiger charge is 2.35. The van der Waals surface area contributed by atoms with Gasteiger partial charge < -0.3 is 24.6 Å². The number of carbonyl (C=O) groups excluding carboxylic acids is 2. The zero-order valence-electron chi connectivity index (χ0n) is 27.0. The number of aliphatic hydroxyl groups excluding tert-OH is 1. The third-order valence-electron chi connectivity index (χ3n) is 8.71. The molecule has 10 nitrogen and oxygen atoms in total. The molecule has 1 aliphatic rings. The van der Waals surface area contributed by atoms with E-state index in [0.717, 1.165) is 36.6 Å². The number of aryl methyl sites for hydroxylation is 1. The maximum absolute atomic E-state index is 13.9. The molecule has 1 aliphatic heterocycles. The molecule has 46 heavy (non-hydrogen) atoms. The molecule has 0 spiro atoms. The number of Topliss-reactive ketones (excluding diaryl/α,β-unsaturated/α-hetero) is 1. The Balaban J connectivity index is 1.47.